The summed E-state index contributed by atoms with van der Waals surface area (Å²) in [5.41, 5.74) is 5.50. The Morgan fingerprint density at radius 3 is 2.86 bits per heavy atom. The zero-order valence-electron chi connectivity index (χ0n) is 8.66. The molecular weight excluding hydrogens is 176 g/mol. The number of hydrogen-bond donors (Lipinski definition) is 2. The molecule has 0 fully saturated rings. The molecule has 4 heteroatoms. The first kappa shape index (κ1) is 10.8. The second kappa shape index (κ2) is 6.18. The molecule has 0 atom stereocenters. The minimum Gasteiger partial charge on any atom is -0.382 e. The summed E-state index contributed by atoms with van der Waals surface area (Å²) < 4.78 is 0. The van der Waals surface area contributed by atoms with Crippen molar-refractivity contribution < 1.29 is 0 Å². The van der Waals surface area contributed by atoms with Crippen LogP contribution in [0, 0.1) is 0 Å². The molecule has 0 aliphatic rings. The molecule has 0 aliphatic heterocycles. The zero-order chi connectivity index (χ0) is 10.2. The molecule has 14 heavy (non-hydrogen) atoms. The van der Waals surface area contributed by atoms with E-state index in [1.165, 1.54) is 25.7 Å². The number of aromatic nitrogens is 2. The molecule has 0 spiro atoms. The molecule has 1 aromatic heterocycles. The topological polar surface area (TPSA) is 63.8 Å². The lowest BCUT2D eigenvalue weighted by Crippen LogP contribution is -2.04. The molecule has 0 saturated carbocycles. The van der Waals surface area contributed by atoms with Crippen LogP contribution in [0.1, 0.15) is 32.6 Å². The van der Waals surface area contributed by atoms with Crippen molar-refractivity contribution in [2.75, 3.05) is 17.6 Å². The summed E-state index contributed by atoms with van der Waals surface area (Å²) in [4.78, 5) is 8.04. The monoisotopic (exact) mass is 194 g/mol. The highest BCUT2D eigenvalue weighted by Gasteiger charge is 1.94. The normalized spacial score (nSPS) is 10.1. The molecule has 4 nitrogen and oxygen atoms in total. The first-order valence-electron chi connectivity index (χ1n) is 5.14. The van der Waals surface area contributed by atoms with Crippen LogP contribution in [0.5, 0.6) is 0 Å². The van der Waals surface area contributed by atoms with Crippen molar-refractivity contribution in [2.45, 2.75) is 32.6 Å². The fourth-order valence-corrected chi connectivity index (χ4v) is 1.23. The summed E-state index contributed by atoms with van der Waals surface area (Å²) in [6, 6.07) is 0. The summed E-state index contributed by atoms with van der Waals surface area (Å²) in [7, 11) is 0. The van der Waals surface area contributed by atoms with Gasteiger partial charge in [-0.15, -0.1) is 0 Å². The van der Waals surface area contributed by atoms with E-state index in [1.807, 2.05) is 0 Å². The van der Waals surface area contributed by atoms with Crippen LogP contribution in [-0.2, 0) is 0 Å². The van der Waals surface area contributed by atoms with Crippen LogP contribution in [0.3, 0.4) is 0 Å². The maximum Gasteiger partial charge on any atom is 0.146 e. The molecule has 0 unspecified atom stereocenters. The number of unbranched alkanes of at least 4 members (excludes halogenated alkanes) is 3. The Morgan fingerprint density at radius 2 is 2.14 bits per heavy atom. The third-order valence-corrected chi connectivity index (χ3v) is 1.99. The van der Waals surface area contributed by atoms with E-state index in [0.29, 0.717) is 5.82 Å². The molecule has 0 aromatic carbocycles. The molecular formula is C10H18N4. The fourth-order valence-electron chi connectivity index (χ4n) is 1.23. The third kappa shape index (κ3) is 4.07. The van der Waals surface area contributed by atoms with Crippen LogP contribution in [0.15, 0.2) is 12.4 Å². The van der Waals surface area contributed by atoms with Gasteiger partial charge < -0.3 is 11.1 Å². The number of nitrogen functional groups attached to an aromatic ring is 1. The summed E-state index contributed by atoms with van der Waals surface area (Å²) in [5, 5.41) is 3.19. The van der Waals surface area contributed by atoms with E-state index in [-0.39, 0.29) is 0 Å². The Balaban J connectivity index is 2.18. The van der Waals surface area contributed by atoms with Crippen molar-refractivity contribution in [3.63, 3.8) is 0 Å². The van der Waals surface area contributed by atoms with Gasteiger partial charge in [0.25, 0.3) is 0 Å². The molecule has 0 bridgehead atoms. The molecule has 0 radical (unpaired) electrons. The molecule has 78 valence electrons. The van der Waals surface area contributed by atoms with Gasteiger partial charge in [-0.2, -0.15) is 0 Å². The van der Waals surface area contributed by atoms with E-state index in [1.54, 1.807) is 12.4 Å². The van der Waals surface area contributed by atoms with Gasteiger partial charge in [-0.25, -0.2) is 4.98 Å². The minimum absolute atomic E-state index is 0.462. The van der Waals surface area contributed by atoms with E-state index in [4.69, 9.17) is 5.73 Å². The van der Waals surface area contributed by atoms with Crippen LogP contribution in [0.2, 0.25) is 0 Å². The van der Waals surface area contributed by atoms with E-state index < -0.39 is 0 Å². The number of nitrogens with two attached hydrogens (primary N) is 1. The Morgan fingerprint density at radius 1 is 1.29 bits per heavy atom. The SMILES string of the molecule is CCCCCCNc1cncc(N)n1. The third-order valence-electron chi connectivity index (χ3n) is 1.99. The van der Waals surface area contributed by atoms with E-state index in [0.717, 1.165) is 12.4 Å². The van der Waals surface area contributed by atoms with Crippen LogP contribution in [-0.4, -0.2) is 16.5 Å². The van der Waals surface area contributed by atoms with Gasteiger partial charge in [0.05, 0.1) is 12.4 Å². The van der Waals surface area contributed by atoms with Gasteiger partial charge in [0, 0.05) is 6.54 Å². The minimum atomic E-state index is 0.462. The Kier molecular flexibility index (Phi) is 4.75. The summed E-state index contributed by atoms with van der Waals surface area (Å²) in [5.74, 6) is 1.23. The molecule has 1 heterocycles. The van der Waals surface area contributed by atoms with Crippen LogP contribution in [0.25, 0.3) is 0 Å². The standard InChI is InChI=1S/C10H18N4/c1-2-3-4-5-6-13-10-8-12-7-9(11)14-10/h7-8H,2-6H2,1H3,(H3,11,13,14). The van der Waals surface area contributed by atoms with Crippen LogP contribution in [0.4, 0.5) is 11.6 Å². The number of hydrogen-bond acceptors (Lipinski definition) is 4. The van der Waals surface area contributed by atoms with Crippen LogP contribution >= 0.6 is 0 Å². The van der Waals surface area contributed by atoms with Gasteiger partial charge in [-0.1, -0.05) is 26.2 Å². The maximum absolute atomic E-state index is 5.50. The molecule has 0 amide bonds. The number of nitrogens with one attached hydrogen (secondary N) is 1. The number of anilines is 2. The van der Waals surface area contributed by atoms with Crippen LogP contribution < -0.4 is 11.1 Å². The maximum atomic E-state index is 5.50. The summed E-state index contributed by atoms with van der Waals surface area (Å²) in [6.45, 7) is 3.15. The highest BCUT2D eigenvalue weighted by Crippen LogP contribution is 2.04. The Hall–Kier alpha value is -1.32. The molecule has 1 rings (SSSR count). The second-order valence-corrected chi connectivity index (χ2v) is 3.32. The van der Waals surface area contributed by atoms with Gasteiger partial charge in [0.1, 0.15) is 11.6 Å². The van der Waals surface area contributed by atoms with Crippen molar-refractivity contribution >= 4 is 11.6 Å². The first-order chi connectivity index (χ1) is 6.83. The predicted molar refractivity (Wildman–Crippen MR) is 59.1 cm³/mol. The predicted octanol–water partition coefficient (Wildman–Crippen LogP) is 2.05. The van der Waals surface area contributed by atoms with E-state index in [9.17, 15) is 0 Å². The van der Waals surface area contributed by atoms with Crippen molar-refractivity contribution in [3.8, 4) is 0 Å². The first-order valence-corrected chi connectivity index (χ1v) is 5.14. The quantitative estimate of drug-likeness (QED) is 0.680. The lowest BCUT2D eigenvalue weighted by molar-refractivity contribution is 0.684. The molecule has 3 N–H and O–H groups in total. The summed E-state index contributed by atoms with van der Waals surface area (Å²) >= 11 is 0. The highest BCUT2D eigenvalue weighted by molar-refractivity contribution is 5.37. The Labute approximate surface area is 85.0 Å². The fraction of sp³-hybridized carbons (Fsp3) is 0.600. The second-order valence-electron chi connectivity index (χ2n) is 3.32. The smallest absolute Gasteiger partial charge is 0.146 e. The zero-order valence-corrected chi connectivity index (χ0v) is 8.66. The average Bonchev–Trinajstić information content (AvgIpc) is 2.18. The number of nitrogens with zero attached hydrogens (tertiary/aromatic N) is 2. The highest BCUT2D eigenvalue weighted by atomic mass is 15.0. The Bertz CT molecular complexity index is 262. The van der Waals surface area contributed by atoms with Gasteiger partial charge in [0.2, 0.25) is 0 Å². The molecule has 1 aromatic rings. The van der Waals surface area contributed by atoms with Crippen molar-refractivity contribution in [1.29, 1.82) is 0 Å². The lowest BCUT2D eigenvalue weighted by Gasteiger charge is -2.04. The largest absolute Gasteiger partial charge is 0.382 e. The van der Waals surface area contributed by atoms with E-state index in [2.05, 4.69) is 22.2 Å². The molecule has 0 aliphatic carbocycles. The van der Waals surface area contributed by atoms with Crippen molar-refractivity contribution in [1.82, 2.24) is 9.97 Å². The van der Waals surface area contributed by atoms with Gasteiger partial charge in [0.15, 0.2) is 0 Å². The van der Waals surface area contributed by atoms with Crippen molar-refractivity contribution in [3.05, 3.63) is 12.4 Å². The number of rotatable bonds is 6. The van der Waals surface area contributed by atoms with Crippen molar-refractivity contribution in [2.24, 2.45) is 0 Å². The van der Waals surface area contributed by atoms with E-state index >= 15 is 0 Å². The van der Waals surface area contributed by atoms with Gasteiger partial charge in [-0.3, -0.25) is 4.98 Å². The lowest BCUT2D eigenvalue weighted by atomic mass is 10.2. The van der Waals surface area contributed by atoms with Gasteiger partial charge in [-0.05, 0) is 6.42 Å². The molecule has 0 saturated heterocycles. The van der Waals surface area contributed by atoms with Gasteiger partial charge >= 0.3 is 0 Å². The summed E-state index contributed by atoms with van der Waals surface area (Å²) in [6.07, 6.45) is 8.23. The average molecular weight is 194 g/mol.